The van der Waals surface area contributed by atoms with Crippen LogP contribution >= 0.6 is 0 Å². The molecule has 0 aromatic carbocycles. The van der Waals surface area contributed by atoms with Crippen LogP contribution in [0.15, 0.2) is 4.52 Å². The van der Waals surface area contributed by atoms with Crippen LogP contribution in [-0.2, 0) is 16.8 Å². The first-order valence-electron chi connectivity index (χ1n) is 5.83. The molecule has 5 nitrogen and oxygen atoms in total. The Morgan fingerprint density at radius 2 is 2.19 bits per heavy atom. The number of hydrogen-bond acceptors (Lipinski definition) is 5. The zero-order valence-electron chi connectivity index (χ0n) is 10.3. The van der Waals surface area contributed by atoms with Gasteiger partial charge in [0.1, 0.15) is 5.60 Å². The lowest BCUT2D eigenvalue weighted by atomic mass is 10.0. The summed E-state index contributed by atoms with van der Waals surface area (Å²) in [7, 11) is 0. The first-order chi connectivity index (χ1) is 7.66. The molecule has 1 aromatic heterocycles. The summed E-state index contributed by atoms with van der Waals surface area (Å²) in [6.07, 6.45) is 2.41. The monoisotopic (exact) mass is 227 g/mol. The fourth-order valence-corrected chi connectivity index (χ4v) is 1.47. The van der Waals surface area contributed by atoms with E-state index in [9.17, 15) is 0 Å². The number of nitrogens with zero attached hydrogens (tertiary/aromatic N) is 2. The van der Waals surface area contributed by atoms with E-state index >= 15 is 0 Å². The molecule has 0 saturated carbocycles. The van der Waals surface area contributed by atoms with Gasteiger partial charge in [0, 0.05) is 13.0 Å². The van der Waals surface area contributed by atoms with Crippen LogP contribution in [0.25, 0.3) is 0 Å². The van der Waals surface area contributed by atoms with Crippen molar-refractivity contribution in [3.8, 4) is 0 Å². The Balaban J connectivity index is 2.74. The minimum absolute atomic E-state index is 0.445. The van der Waals surface area contributed by atoms with Gasteiger partial charge in [-0.05, 0) is 33.2 Å². The number of aryl methyl sites for hydroxylation is 1. The van der Waals surface area contributed by atoms with E-state index < -0.39 is 5.60 Å². The third kappa shape index (κ3) is 3.02. The maximum atomic E-state index is 5.67. The molecule has 0 aliphatic heterocycles. The summed E-state index contributed by atoms with van der Waals surface area (Å²) in [6, 6.07) is 0. The van der Waals surface area contributed by atoms with Gasteiger partial charge >= 0.3 is 0 Å². The fourth-order valence-electron chi connectivity index (χ4n) is 1.47. The smallest absolute Gasteiger partial charge is 0.226 e. The van der Waals surface area contributed by atoms with Gasteiger partial charge in [-0.3, -0.25) is 0 Å². The van der Waals surface area contributed by atoms with Gasteiger partial charge in [0.2, 0.25) is 11.7 Å². The highest BCUT2D eigenvalue weighted by Crippen LogP contribution is 2.26. The van der Waals surface area contributed by atoms with Crippen LogP contribution in [0, 0.1) is 0 Å². The largest absolute Gasteiger partial charge is 0.367 e. The first kappa shape index (κ1) is 13.1. The molecule has 0 saturated heterocycles. The molecule has 0 spiro atoms. The average molecular weight is 227 g/mol. The van der Waals surface area contributed by atoms with Gasteiger partial charge in [-0.15, -0.1) is 0 Å². The molecular weight excluding hydrogens is 206 g/mol. The van der Waals surface area contributed by atoms with Crippen molar-refractivity contribution >= 4 is 0 Å². The van der Waals surface area contributed by atoms with Crippen LogP contribution in [0.1, 0.15) is 45.3 Å². The van der Waals surface area contributed by atoms with Gasteiger partial charge in [0.25, 0.3) is 0 Å². The molecule has 92 valence electrons. The second kappa shape index (κ2) is 5.96. The Labute approximate surface area is 96.4 Å². The molecule has 2 N–H and O–H groups in total. The second-order valence-corrected chi connectivity index (χ2v) is 3.92. The van der Waals surface area contributed by atoms with Gasteiger partial charge < -0.3 is 15.0 Å². The topological polar surface area (TPSA) is 74.2 Å². The predicted octanol–water partition coefficient (Wildman–Crippen LogP) is 1.62. The highest BCUT2D eigenvalue weighted by atomic mass is 16.5. The summed E-state index contributed by atoms with van der Waals surface area (Å²) in [6.45, 7) is 7.26. The van der Waals surface area contributed by atoms with E-state index in [-0.39, 0.29) is 0 Å². The zero-order valence-corrected chi connectivity index (χ0v) is 10.3. The van der Waals surface area contributed by atoms with Gasteiger partial charge in [0.05, 0.1) is 0 Å². The third-order valence-electron chi connectivity index (χ3n) is 2.67. The summed E-state index contributed by atoms with van der Waals surface area (Å²) in [4.78, 5) is 4.35. The van der Waals surface area contributed by atoms with Crippen molar-refractivity contribution < 1.29 is 9.26 Å². The molecule has 1 rings (SSSR count). The number of hydrogen-bond donors (Lipinski definition) is 1. The van der Waals surface area contributed by atoms with Crippen molar-refractivity contribution in [3.05, 3.63) is 11.7 Å². The highest BCUT2D eigenvalue weighted by Gasteiger charge is 2.30. The molecule has 0 radical (unpaired) electrons. The Kier molecular flexibility index (Phi) is 4.89. The molecule has 0 bridgehead atoms. The van der Waals surface area contributed by atoms with Crippen molar-refractivity contribution in [1.29, 1.82) is 0 Å². The lowest BCUT2D eigenvalue weighted by Crippen LogP contribution is -2.26. The molecule has 16 heavy (non-hydrogen) atoms. The van der Waals surface area contributed by atoms with Crippen LogP contribution < -0.4 is 5.73 Å². The zero-order chi connectivity index (χ0) is 12.0. The Morgan fingerprint density at radius 1 is 1.44 bits per heavy atom. The van der Waals surface area contributed by atoms with Crippen molar-refractivity contribution in [3.63, 3.8) is 0 Å². The summed E-state index contributed by atoms with van der Waals surface area (Å²) in [5.74, 6) is 1.27. The maximum Gasteiger partial charge on any atom is 0.226 e. The fraction of sp³-hybridized carbons (Fsp3) is 0.818. The normalized spacial score (nSPS) is 15.0. The predicted molar refractivity (Wildman–Crippen MR) is 60.9 cm³/mol. The Bertz CT molecular complexity index is 314. The molecule has 0 aliphatic rings. The van der Waals surface area contributed by atoms with E-state index in [4.69, 9.17) is 15.0 Å². The van der Waals surface area contributed by atoms with E-state index in [1.54, 1.807) is 0 Å². The number of rotatable bonds is 7. The summed E-state index contributed by atoms with van der Waals surface area (Å²) in [5.41, 5.74) is 4.98. The van der Waals surface area contributed by atoms with Gasteiger partial charge in [0.15, 0.2) is 0 Å². The van der Waals surface area contributed by atoms with Crippen LogP contribution in [0.5, 0.6) is 0 Å². The molecule has 0 amide bonds. The summed E-state index contributed by atoms with van der Waals surface area (Å²) < 4.78 is 10.8. The van der Waals surface area contributed by atoms with Crippen LogP contribution in [0.2, 0.25) is 0 Å². The Hall–Kier alpha value is -0.940. The first-order valence-corrected chi connectivity index (χ1v) is 5.83. The molecular formula is C11H21N3O2. The van der Waals surface area contributed by atoms with E-state index in [1.165, 1.54) is 0 Å². The molecule has 0 aliphatic carbocycles. The van der Waals surface area contributed by atoms with Crippen LogP contribution in [0.4, 0.5) is 0 Å². The lowest BCUT2D eigenvalue weighted by Gasteiger charge is -2.23. The van der Waals surface area contributed by atoms with Gasteiger partial charge in [-0.1, -0.05) is 12.1 Å². The average Bonchev–Trinajstić information content (AvgIpc) is 2.75. The molecule has 1 heterocycles. The van der Waals surface area contributed by atoms with Gasteiger partial charge in [-0.25, -0.2) is 0 Å². The van der Waals surface area contributed by atoms with E-state index in [2.05, 4.69) is 10.1 Å². The second-order valence-electron chi connectivity index (χ2n) is 3.92. The van der Waals surface area contributed by atoms with Crippen molar-refractivity contribution in [2.24, 2.45) is 5.73 Å². The number of aromatic nitrogens is 2. The van der Waals surface area contributed by atoms with Crippen LogP contribution in [-0.4, -0.2) is 23.3 Å². The number of nitrogens with two attached hydrogens (primary N) is 1. The van der Waals surface area contributed by atoms with Crippen molar-refractivity contribution in [2.75, 3.05) is 13.2 Å². The van der Waals surface area contributed by atoms with Crippen LogP contribution in [0.3, 0.4) is 0 Å². The van der Waals surface area contributed by atoms with Crippen molar-refractivity contribution in [2.45, 2.75) is 45.6 Å². The van der Waals surface area contributed by atoms with E-state index in [0.717, 1.165) is 19.3 Å². The standard InChI is InChI=1S/C11H21N3O2/c1-4-11(3,15-5-2)10-13-9(16-14-10)7-6-8-12/h4-8,12H2,1-3H3. The van der Waals surface area contributed by atoms with Crippen molar-refractivity contribution in [1.82, 2.24) is 10.1 Å². The lowest BCUT2D eigenvalue weighted by molar-refractivity contribution is -0.0403. The molecule has 1 unspecified atom stereocenters. The SMILES string of the molecule is CCOC(C)(CC)c1noc(CCCN)n1. The van der Waals surface area contributed by atoms with E-state index in [1.807, 2.05) is 20.8 Å². The maximum absolute atomic E-state index is 5.67. The third-order valence-corrected chi connectivity index (χ3v) is 2.67. The minimum Gasteiger partial charge on any atom is -0.367 e. The van der Waals surface area contributed by atoms with E-state index in [0.29, 0.717) is 24.9 Å². The highest BCUT2D eigenvalue weighted by molar-refractivity contribution is 4.99. The molecule has 0 fully saturated rings. The Morgan fingerprint density at radius 3 is 2.75 bits per heavy atom. The summed E-state index contributed by atoms with van der Waals surface area (Å²) >= 11 is 0. The molecule has 1 aromatic rings. The van der Waals surface area contributed by atoms with Gasteiger partial charge in [-0.2, -0.15) is 4.98 Å². The number of ether oxygens (including phenoxy) is 1. The quantitative estimate of drug-likeness (QED) is 0.766. The minimum atomic E-state index is -0.445. The molecule has 1 atom stereocenters. The summed E-state index contributed by atoms with van der Waals surface area (Å²) in [5, 5.41) is 3.98. The molecule has 5 heteroatoms.